The maximum absolute atomic E-state index is 12.0. The third-order valence-electron chi connectivity index (χ3n) is 5.54. The van der Waals surface area contributed by atoms with Gasteiger partial charge in [-0.15, -0.1) is 0 Å². The van der Waals surface area contributed by atoms with Crippen LogP contribution >= 0.6 is 0 Å². The van der Waals surface area contributed by atoms with Crippen LogP contribution < -0.4 is 10.2 Å². The number of nitrogens with zero attached hydrogens (tertiary/aromatic N) is 3. The van der Waals surface area contributed by atoms with Gasteiger partial charge in [0.15, 0.2) is 0 Å². The van der Waals surface area contributed by atoms with Crippen LogP contribution in [-0.4, -0.2) is 48.0 Å². The third kappa shape index (κ3) is 5.57. The maximum atomic E-state index is 12.0. The molecule has 2 heterocycles. The maximum Gasteiger partial charge on any atom is 0.225 e. The Morgan fingerprint density at radius 2 is 1.62 bits per heavy atom. The van der Waals surface area contributed by atoms with Crippen LogP contribution in [0.15, 0.2) is 42.6 Å². The van der Waals surface area contributed by atoms with Crippen molar-refractivity contribution in [3.63, 3.8) is 0 Å². The number of amides is 1. The van der Waals surface area contributed by atoms with Crippen molar-refractivity contribution in [2.75, 3.05) is 31.1 Å². The predicted molar refractivity (Wildman–Crippen MR) is 120 cm³/mol. The quantitative estimate of drug-likeness (QED) is 0.834. The van der Waals surface area contributed by atoms with Crippen molar-refractivity contribution < 1.29 is 4.79 Å². The number of hydrogen-bond donors (Lipinski definition) is 1. The van der Waals surface area contributed by atoms with Gasteiger partial charge in [-0.3, -0.25) is 9.69 Å². The van der Waals surface area contributed by atoms with Crippen LogP contribution in [-0.2, 0) is 11.3 Å². The first-order chi connectivity index (χ1) is 13.7. The van der Waals surface area contributed by atoms with E-state index in [-0.39, 0.29) is 11.3 Å². The zero-order valence-corrected chi connectivity index (χ0v) is 18.4. The van der Waals surface area contributed by atoms with Crippen LogP contribution in [0, 0.1) is 5.41 Å². The molecule has 1 amide bonds. The first kappa shape index (κ1) is 21.3. The van der Waals surface area contributed by atoms with Crippen molar-refractivity contribution in [3.8, 4) is 11.1 Å². The van der Waals surface area contributed by atoms with Crippen LogP contribution in [0.4, 0.5) is 5.82 Å². The van der Waals surface area contributed by atoms with E-state index in [9.17, 15) is 4.79 Å². The molecule has 0 atom stereocenters. The largest absolute Gasteiger partial charge is 0.354 e. The van der Waals surface area contributed by atoms with E-state index in [1.165, 1.54) is 0 Å². The van der Waals surface area contributed by atoms with E-state index >= 15 is 0 Å². The molecule has 1 aromatic heterocycles. The SMILES string of the molecule is CC(C)N1CCN(c2ccc(-c3ccc(CNC(=O)C(C)(C)C)cc3)cn2)CC1. The average Bonchev–Trinajstić information content (AvgIpc) is 2.72. The Kier molecular flexibility index (Phi) is 6.58. The summed E-state index contributed by atoms with van der Waals surface area (Å²) in [6.07, 6.45) is 1.96. The van der Waals surface area contributed by atoms with E-state index in [0.29, 0.717) is 12.6 Å². The van der Waals surface area contributed by atoms with Gasteiger partial charge < -0.3 is 10.2 Å². The van der Waals surface area contributed by atoms with E-state index in [4.69, 9.17) is 4.98 Å². The summed E-state index contributed by atoms with van der Waals surface area (Å²) in [5.41, 5.74) is 2.98. The number of aromatic nitrogens is 1. The molecule has 1 aliphatic heterocycles. The second-order valence-corrected chi connectivity index (χ2v) is 9.15. The van der Waals surface area contributed by atoms with Crippen molar-refractivity contribution in [1.29, 1.82) is 0 Å². The smallest absolute Gasteiger partial charge is 0.225 e. The summed E-state index contributed by atoms with van der Waals surface area (Å²) in [4.78, 5) is 21.6. The van der Waals surface area contributed by atoms with Crippen LogP contribution in [0.25, 0.3) is 11.1 Å². The zero-order chi connectivity index (χ0) is 21.0. The Morgan fingerprint density at radius 3 is 2.14 bits per heavy atom. The summed E-state index contributed by atoms with van der Waals surface area (Å²) in [5.74, 6) is 1.12. The minimum Gasteiger partial charge on any atom is -0.354 e. The monoisotopic (exact) mass is 394 g/mol. The molecule has 1 saturated heterocycles. The van der Waals surface area contributed by atoms with E-state index in [0.717, 1.165) is 48.7 Å². The van der Waals surface area contributed by atoms with E-state index in [1.54, 1.807) is 0 Å². The van der Waals surface area contributed by atoms with Gasteiger partial charge in [-0.05, 0) is 37.1 Å². The van der Waals surface area contributed by atoms with Crippen molar-refractivity contribution in [3.05, 3.63) is 48.2 Å². The van der Waals surface area contributed by atoms with Gasteiger partial charge in [0.05, 0.1) is 0 Å². The highest BCUT2D eigenvalue weighted by Gasteiger charge is 2.21. The Hall–Kier alpha value is -2.40. The normalized spacial score (nSPS) is 15.6. The molecule has 1 N–H and O–H groups in total. The molecule has 0 bridgehead atoms. The number of anilines is 1. The Labute approximate surface area is 175 Å². The molecule has 0 aliphatic carbocycles. The Morgan fingerprint density at radius 1 is 1.00 bits per heavy atom. The topological polar surface area (TPSA) is 48.5 Å². The molecular weight excluding hydrogens is 360 g/mol. The summed E-state index contributed by atoms with van der Waals surface area (Å²) >= 11 is 0. The Balaban J connectivity index is 1.58. The lowest BCUT2D eigenvalue weighted by molar-refractivity contribution is -0.128. The minimum atomic E-state index is -0.366. The lowest BCUT2D eigenvalue weighted by atomic mass is 9.95. The van der Waals surface area contributed by atoms with Gasteiger partial charge in [0.1, 0.15) is 5.82 Å². The first-order valence-corrected chi connectivity index (χ1v) is 10.6. The summed E-state index contributed by atoms with van der Waals surface area (Å²) in [6.45, 7) is 15.1. The summed E-state index contributed by atoms with van der Waals surface area (Å²) in [5, 5.41) is 2.99. The highest BCUT2D eigenvalue weighted by Crippen LogP contribution is 2.22. The highest BCUT2D eigenvalue weighted by atomic mass is 16.2. The molecule has 29 heavy (non-hydrogen) atoms. The molecule has 0 saturated carbocycles. The molecule has 156 valence electrons. The molecule has 2 aromatic rings. The summed E-state index contributed by atoms with van der Waals surface area (Å²) in [6, 6.07) is 13.2. The van der Waals surface area contributed by atoms with E-state index in [2.05, 4.69) is 65.4 Å². The van der Waals surface area contributed by atoms with Crippen LogP contribution in [0.2, 0.25) is 0 Å². The predicted octanol–water partition coefficient (Wildman–Crippen LogP) is 3.94. The summed E-state index contributed by atoms with van der Waals surface area (Å²) in [7, 11) is 0. The number of carbonyl (C=O) groups is 1. The molecule has 1 aromatic carbocycles. The van der Waals surface area contributed by atoms with Gasteiger partial charge in [0.2, 0.25) is 5.91 Å². The molecule has 3 rings (SSSR count). The second-order valence-electron chi connectivity index (χ2n) is 9.15. The molecule has 5 nitrogen and oxygen atoms in total. The molecule has 0 radical (unpaired) electrons. The van der Waals surface area contributed by atoms with Gasteiger partial charge >= 0.3 is 0 Å². The van der Waals surface area contributed by atoms with Crippen molar-refractivity contribution >= 4 is 11.7 Å². The lowest BCUT2D eigenvalue weighted by Gasteiger charge is -2.37. The average molecular weight is 395 g/mol. The zero-order valence-electron chi connectivity index (χ0n) is 18.4. The first-order valence-electron chi connectivity index (χ1n) is 10.6. The fourth-order valence-corrected chi connectivity index (χ4v) is 3.47. The number of hydrogen-bond acceptors (Lipinski definition) is 4. The fraction of sp³-hybridized carbons (Fsp3) is 0.500. The second kappa shape index (κ2) is 8.95. The van der Waals surface area contributed by atoms with E-state index in [1.807, 2.05) is 27.0 Å². The van der Waals surface area contributed by atoms with Gasteiger partial charge in [-0.2, -0.15) is 0 Å². The standard InChI is InChI=1S/C24H34N4O/c1-18(2)27-12-14-28(15-13-27)22-11-10-21(17-25-22)20-8-6-19(7-9-20)16-26-23(29)24(3,4)5/h6-11,17-18H,12-16H2,1-5H3,(H,26,29). The third-order valence-corrected chi connectivity index (χ3v) is 5.54. The Bertz CT molecular complexity index is 798. The molecule has 5 heteroatoms. The molecular formula is C24H34N4O. The fourth-order valence-electron chi connectivity index (χ4n) is 3.47. The number of nitrogens with one attached hydrogen (secondary N) is 1. The van der Waals surface area contributed by atoms with Crippen molar-refractivity contribution in [1.82, 2.24) is 15.2 Å². The summed E-state index contributed by atoms with van der Waals surface area (Å²) < 4.78 is 0. The molecule has 0 spiro atoms. The number of benzene rings is 1. The number of rotatable bonds is 5. The van der Waals surface area contributed by atoms with Gasteiger partial charge in [0.25, 0.3) is 0 Å². The van der Waals surface area contributed by atoms with Crippen LogP contribution in [0.5, 0.6) is 0 Å². The van der Waals surface area contributed by atoms with Gasteiger partial charge in [0, 0.05) is 55.9 Å². The van der Waals surface area contributed by atoms with Crippen LogP contribution in [0.3, 0.4) is 0 Å². The van der Waals surface area contributed by atoms with Crippen LogP contribution in [0.1, 0.15) is 40.2 Å². The van der Waals surface area contributed by atoms with E-state index < -0.39 is 0 Å². The number of pyridine rings is 1. The van der Waals surface area contributed by atoms with Crippen molar-refractivity contribution in [2.45, 2.75) is 47.2 Å². The number of piperazine rings is 1. The van der Waals surface area contributed by atoms with Crippen molar-refractivity contribution in [2.24, 2.45) is 5.41 Å². The minimum absolute atomic E-state index is 0.0654. The lowest BCUT2D eigenvalue weighted by Crippen LogP contribution is -2.49. The van der Waals surface area contributed by atoms with Gasteiger partial charge in [-0.25, -0.2) is 4.98 Å². The number of carbonyl (C=O) groups excluding carboxylic acids is 1. The molecule has 1 aliphatic rings. The van der Waals surface area contributed by atoms with Gasteiger partial charge in [-0.1, -0.05) is 45.0 Å². The highest BCUT2D eigenvalue weighted by molar-refractivity contribution is 5.81. The molecule has 1 fully saturated rings. The molecule has 0 unspecified atom stereocenters.